The normalized spacial score (nSPS) is 10.9. The zero-order valence-corrected chi connectivity index (χ0v) is 12.4. The SMILES string of the molecule is CC(C)(CCc1ccccc1)Nc1ncc(C#N)cc1N. The molecule has 0 aliphatic heterocycles. The first kappa shape index (κ1) is 14.9. The fourth-order valence-electron chi connectivity index (χ4n) is 2.13. The lowest BCUT2D eigenvalue weighted by molar-refractivity contribution is 0.517. The number of nitrogens with two attached hydrogens (primary N) is 1. The number of pyridine rings is 1. The number of aromatic nitrogens is 1. The molecule has 0 unspecified atom stereocenters. The van der Waals surface area contributed by atoms with Crippen molar-refractivity contribution < 1.29 is 0 Å². The van der Waals surface area contributed by atoms with Crippen LogP contribution in [-0.2, 0) is 6.42 Å². The quantitative estimate of drug-likeness (QED) is 0.880. The molecule has 0 radical (unpaired) electrons. The summed E-state index contributed by atoms with van der Waals surface area (Å²) in [6.07, 6.45) is 3.47. The highest BCUT2D eigenvalue weighted by Crippen LogP contribution is 2.23. The van der Waals surface area contributed by atoms with E-state index in [1.165, 1.54) is 11.8 Å². The maximum Gasteiger partial charge on any atom is 0.149 e. The van der Waals surface area contributed by atoms with E-state index in [1.807, 2.05) is 12.1 Å². The van der Waals surface area contributed by atoms with Crippen molar-refractivity contribution in [3.63, 3.8) is 0 Å². The van der Waals surface area contributed by atoms with Gasteiger partial charge in [0.05, 0.1) is 11.3 Å². The van der Waals surface area contributed by atoms with Crippen molar-refractivity contribution in [2.45, 2.75) is 32.2 Å². The van der Waals surface area contributed by atoms with Gasteiger partial charge in [0.15, 0.2) is 0 Å². The summed E-state index contributed by atoms with van der Waals surface area (Å²) in [6.45, 7) is 4.24. The van der Waals surface area contributed by atoms with E-state index in [9.17, 15) is 0 Å². The van der Waals surface area contributed by atoms with E-state index in [0.717, 1.165) is 12.8 Å². The Labute approximate surface area is 125 Å². The largest absolute Gasteiger partial charge is 0.396 e. The first-order valence-electron chi connectivity index (χ1n) is 6.98. The van der Waals surface area contributed by atoms with Crippen LogP contribution in [0.5, 0.6) is 0 Å². The van der Waals surface area contributed by atoms with Crippen LogP contribution >= 0.6 is 0 Å². The van der Waals surface area contributed by atoms with Crippen molar-refractivity contribution in [3.05, 3.63) is 53.7 Å². The van der Waals surface area contributed by atoms with E-state index in [-0.39, 0.29) is 5.54 Å². The van der Waals surface area contributed by atoms with Crippen molar-refractivity contribution in [2.75, 3.05) is 11.1 Å². The Bertz CT molecular complexity index is 642. The first-order chi connectivity index (χ1) is 10.00. The van der Waals surface area contributed by atoms with Crippen LogP contribution in [0.1, 0.15) is 31.4 Å². The molecule has 21 heavy (non-hydrogen) atoms. The topological polar surface area (TPSA) is 74.7 Å². The molecule has 2 rings (SSSR count). The summed E-state index contributed by atoms with van der Waals surface area (Å²) in [7, 11) is 0. The van der Waals surface area contributed by atoms with Gasteiger partial charge in [-0.25, -0.2) is 4.98 Å². The molecular formula is C17H20N4. The van der Waals surface area contributed by atoms with Crippen LogP contribution < -0.4 is 11.1 Å². The lowest BCUT2D eigenvalue weighted by Crippen LogP contribution is -2.32. The number of nitrogen functional groups attached to an aromatic ring is 1. The van der Waals surface area contributed by atoms with Gasteiger partial charge in [0.25, 0.3) is 0 Å². The number of hydrogen-bond acceptors (Lipinski definition) is 4. The van der Waals surface area contributed by atoms with E-state index >= 15 is 0 Å². The van der Waals surface area contributed by atoms with Crippen molar-refractivity contribution in [1.29, 1.82) is 5.26 Å². The standard InChI is InChI=1S/C17H20N4/c1-17(2,9-8-13-6-4-3-5-7-13)21-16-15(19)10-14(11-18)12-20-16/h3-7,10,12H,8-9,19H2,1-2H3,(H,20,21). The molecule has 3 N–H and O–H groups in total. The summed E-state index contributed by atoms with van der Waals surface area (Å²) in [5.41, 5.74) is 8.09. The predicted octanol–water partition coefficient (Wildman–Crippen LogP) is 3.36. The van der Waals surface area contributed by atoms with Crippen LogP contribution in [0.15, 0.2) is 42.6 Å². The lowest BCUT2D eigenvalue weighted by Gasteiger charge is -2.27. The van der Waals surface area contributed by atoms with Crippen LogP contribution in [0, 0.1) is 11.3 Å². The van der Waals surface area contributed by atoms with Crippen molar-refractivity contribution >= 4 is 11.5 Å². The third-order valence-electron chi connectivity index (χ3n) is 3.38. The molecule has 0 saturated carbocycles. The van der Waals surface area contributed by atoms with Crippen molar-refractivity contribution in [1.82, 2.24) is 4.98 Å². The van der Waals surface area contributed by atoms with E-state index in [1.54, 1.807) is 6.07 Å². The fraction of sp³-hybridized carbons (Fsp3) is 0.294. The van der Waals surface area contributed by atoms with Gasteiger partial charge < -0.3 is 11.1 Å². The number of nitrogens with zero attached hydrogens (tertiary/aromatic N) is 2. The van der Waals surface area contributed by atoms with Gasteiger partial charge in [0, 0.05) is 11.7 Å². The van der Waals surface area contributed by atoms with Crippen LogP contribution in [0.25, 0.3) is 0 Å². The van der Waals surface area contributed by atoms with Crippen LogP contribution in [-0.4, -0.2) is 10.5 Å². The number of nitriles is 1. The van der Waals surface area contributed by atoms with Gasteiger partial charge in [-0.1, -0.05) is 30.3 Å². The smallest absolute Gasteiger partial charge is 0.149 e. The van der Waals surface area contributed by atoms with Gasteiger partial charge >= 0.3 is 0 Å². The number of benzene rings is 1. The van der Waals surface area contributed by atoms with Crippen molar-refractivity contribution in [2.24, 2.45) is 0 Å². The zero-order chi connectivity index (χ0) is 15.3. The van der Waals surface area contributed by atoms with Crippen LogP contribution in [0.2, 0.25) is 0 Å². The number of anilines is 2. The second kappa shape index (κ2) is 6.27. The highest BCUT2D eigenvalue weighted by atomic mass is 15.1. The molecule has 4 heteroatoms. The third kappa shape index (κ3) is 4.22. The molecular weight excluding hydrogens is 260 g/mol. The van der Waals surface area contributed by atoms with Crippen molar-refractivity contribution in [3.8, 4) is 6.07 Å². The summed E-state index contributed by atoms with van der Waals surface area (Å²) in [6, 6.07) is 14.1. The molecule has 108 valence electrons. The first-order valence-corrected chi connectivity index (χ1v) is 6.98. The van der Waals surface area contributed by atoms with Gasteiger partial charge in [-0.2, -0.15) is 5.26 Å². The van der Waals surface area contributed by atoms with Gasteiger partial charge in [-0.15, -0.1) is 0 Å². The maximum absolute atomic E-state index is 8.83. The molecule has 1 aromatic heterocycles. The van der Waals surface area contributed by atoms with Crippen LogP contribution in [0.4, 0.5) is 11.5 Å². The summed E-state index contributed by atoms with van der Waals surface area (Å²) in [5, 5.41) is 12.2. The minimum Gasteiger partial charge on any atom is -0.396 e. The van der Waals surface area contributed by atoms with E-state index < -0.39 is 0 Å². The average molecular weight is 280 g/mol. The molecule has 0 fully saturated rings. The maximum atomic E-state index is 8.83. The third-order valence-corrected chi connectivity index (χ3v) is 3.38. The van der Waals surface area contributed by atoms with Gasteiger partial charge in [-0.05, 0) is 38.3 Å². The minimum atomic E-state index is -0.134. The molecule has 0 aliphatic rings. The average Bonchev–Trinajstić information content (AvgIpc) is 2.48. The fourth-order valence-corrected chi connectivity index (χ4v) is 2.13. The van der Waals surface area contributed by atoms with Gasteiger partial charge in [-0.3, -0.25) is 0 Å². The molecule has 0 bridgehead atoms. The Hall–Kier alpha value is -2.54. The summed E-state index contributed by atoms with van der Waals surface area (Å²) in [4.78, 5) is 4.23. The lowest BCUT2D eigenvalue weighted by atomic mass is 9.95. The van der Waals surface area contributed by atoms with E-state index in [2.05, 4.69) is 48.4 Å². The predicted molar refractivity (Wildman–Crippen MR) is 85.8 cm³/mol. The second-order valence-corrected chi connectivity index (χ2v) is 5.77. The molecule has 1 aromatic carbocycles. The van der Waals surface area contributed by atoms with Gasteiger partial charge in [0.2, 0.25) is 0 Å². The molecule has 4 nitrogen and oxygen atoms in total. The highest BCUT2D eigenvalue weighted by Gasteiger charge is 2.19. The molecule has 0 aliphatic carbocycles. The van der Waals surface area contributed by atoms with Gasteiger partial charge in [0.1, 0.15) is 11.9 Å². The molecule has 2 aromatic rings. The van der Waals surface area contributed by atoms with Crippen LogP contribution in [0.3, 0.4) is 0 Å². The number of rotatable bonds is 5. The Morgan fingerprint density at radius 3 is 2.62 bits per heavy atom. The molecule has 0 saturated heterocycles. The number of hydrogen-bond donors (Lipinski definition) is 2. The summed E-state index contributed by atoms with van der Waals surface area (Å²) < 4.78 is 0. The summed E-state index contributed by atoms with van der Waals surface area (Å²) in [5.74, 6) is 0.632. The summed E-state index contributed by atoms with van der Waals surface area (Å²) >= 11 is 0. The van der Waals surface area contributed by atoms with E-state index in [4.69, 9.17) is 11.0 Å². The number of nitrogens with one attached hydrogen (secondary N) is 1. The Morgan fingerprint density at radius 1 is 1.29 bits per heavy atom. The zero-order valence-electron chi connectivity index (χ0n) is 12.4. The molecule has 0 amide bonds. The molecule has 1 heterocycles. The highest BCUT2D eigenvalue weighted by molar-refractivity contribution is 5.63. The minimum absolute atomic E-state index is 0.134. The second-order valence-electron chi connectivity index (χ2n) is 5.77. The molecule has 0 atom stereocenters. The Kier molecular flexibility index (Phi) is 4.44. The molecule has 0 spiro atoms. The number of aryl methyl sites for hydroxylation is 1. The monoisotopic (exact) mass is 280 g/mol. The Morgan fingerprint density at radius 2 is 2.00 bits per heavy atom. The van der Waals surface area contributed by atoms with E-state index in [0.29, 0.717) is 17.1 Å². The Balaban J connectivity index is 2.02.